The van der Waals surface area contributed by atoms with E-state index in [4.69, 9.17) is 9.15 Å². The van der Waals surface area contributed by atoms with Gasteiger partial charge in [-0.25, -0.2) is 4.98 Å². The number of hydrogen-bond donors (Lipinski definition) is 3. The van der Waals surface area contributed by atoms with E-state index < -0.39 is 23.8 Å². The zero-order valence-electron chi connectivity index (χ0n) is 17.3. The van der Waals surface area contributed by atoms with Gasteiger partial charge in [0.2, 0.25) is 5.91 Å². The van der Waals surface area contributed by atoms with Crippen molar-refractivity contribution in [2.45, 2.75) is 25.6 Å². The van der Waals surface area contributed by atoms with Gasteiger partial charge in [0.1, 0.15) is 24.2 Å². The van der Waals surface area contributed by atoms with E-state index in [0.717, 1.165) is 23.5 Å². The van der Waals surface area contributed by atoms with Crippen LogP contribution in [0.4, 0.5) is 18.3 Å². The normalized spacial score (nSPS) is 12.3. The fourth-order valence-corrected chi connectivity index (χ4v) is 3.41. The number of rotatable bonds is 9. The highest BCUT2D eigenvalue weighted by Gasteiger charge is 2.30. The fourth-order valence-electron chi connectivity index (χ4n) is 2.70. The smallest absolute Gasteiger partial charge is 0.416 e. The maximum atomic E-state index is 12.7. The first-order valence-electron chi connectivity index (χ1n) is 9.66. The second-order valence-corrected chi connectivity index (χ2v) is 7.82. The van der Waals surface area contributed by atoms with E-state index >= 15 is 0 Å². The van der Waals surface area contributed by atoms with Crippen LogP contribution in [0.1, 0.15) is 27.4 Å². The third-order valence-corrected chi connectivity index (χ3v) is 5.16. The Morgan fingerprint density at radius 2 is 2.09 bits per heavy atom. The molecule has 2 amide bonds. The summed E-state index contributed by atoms with van der Waals surface area (Å²) in [6.45, 7) is 1.19. The van der Waals surface area contributed by atoms with Crippen LogP contribution >= 0.6 is 11.3 Å². The number of thiazole rings is 1. The van der Waals surface area contributed by atoms with Gasteiger partial charge >= 0.3 is 6.18 Å². The molecule has 8 nitrogen and oxygen atoms in total. The maximum absolute atomic E-state index is 12.7. The van der Waals surface area contributed by atoms with Gasteiger partial charge in [0.05, 0.1) is 29.5 Å². The number of aromatic nitrogens is 1. The molecule has 33 heavy (non-hydrogen) atoms. The summed E-state index contributed by atoms with van der Waals surface area (Å²) in [7, 11) is 0. The van der Waals surface area contributed by atoms with Crippen LogP contribution < -0.4 is 15.4 Å². The molecule has 0 saturated carbocycles. The number of aryl methyl sites for hydroxylation is 1. The predicted octanol–water partition coefficient (Wildman–Crippen LogP) is 3.41. The summed E-state index contributed by atoms with van der Waals surface area (Å²) in [4.78, 5) is 28.4. The average Bonchev–Trinajstić information content (AvgIpc) is 3.38. The van der Waals surface area contributed by atoms with Crippen LogP contribution in [0, 0.1) is 6.92 Å². The zero-order chi connectivity index (χ0) is 24.0. The minimum atomic E-state index is -4.50. The van der Waals surface area contributed by atoms with Crippen LogP contribution in [0.5, 0.6) is 5.75 Å². The third-order valence-electron chi connectivity index (χ3n) is 4.36. The summed E-state index contributed by atoms with van der Waals surface area (Å²) in [6.07, 6.45) is -4.31. The van der Waals surface area contributed by atoms with Crippen molar-refractivity contribution in [1.82, 2.24) is 10.3 Å². The Hall–Kier alpha value is -3.38. The van der Waals surface area contributed by atoms with E-state index in [9.17, 15) is 27.9 Å². The fraction of sp³-hybridized carbons (Fsp3) is 0.286. The number of carbonyl (C=O) groups excluding carboxylic acids is 2. The third kappa shape index (κ3) is 7.05. The molecule has 3 N–H and O–H groups in total. The molecule has 2 aromatic heterocycles. The molecule has 0 aliphatic rings. The van der Waals surface area contributed by atoms with E-state index in [1.165, 1.54) is 24.5 Å². The van der Waals surface area contributed by atoms with Gasteiger partial charge in [-0.05, 0) is 31.2 Å². The summed E-state index contributed by atoms with van der Waals surface area (Å²) in [5.74, 6) is -0.380. The van der Waals surface area contributed by atoms with Crippen molar-refractivity contribution in [3.05, 3.63) is 64.6 Å². The van der Waals surface area contributed by atoms with Gasteiger partial charge in [-0.15, -0.1) is 11.3 Å². The van der Waals surface area contributed by atoms with Crippen LogP contribution in [0.25, 0.3) is 0 Å². The second kappa shape index (κ2) is 10.5. The van der Waals surface area contributed by atoms with Gasteiger partial charge in [-0.3, -0.25) is 14.9 Å². The maximum Gasteiger partial charge on any atom is 0.416 e. The quantitative estimate of drug-likeness (QED) is 0.430. The van der Waals surface area contributed by atoms with Crippen LogP contribution in [0.3, 0.4) is 0 Å². The number of amides is 2. The molecule has 0 saturated heterocycles. The SMILES string of the molecule is Cc1occc1C(=O)Nc1nc(CC(=O)NCC(O)COc2cccc(C(F)(F)F)c2)cs1. The number of alkyl halides is 3. The van der Waals surface area contributed by atoms with Crippen molar-refractivity contribution in [3.8, 4) is 5.75 Å². The Bertz CT molecular complexity index is 1110. The number of halogens is 3. The number of aliphatic hydroxyl groups excluding tert-OH is 1. The number of carbonyl (C=O) groups is 2. The highest BCUT2D eigenvalue weighted by molar-refractivity contribution is 7.14. The summed E-state index contributed by atoms with van der Waals surface area (Å²) in [5, 5.41) is 17.0. The Kier molecular flexibility index (Phi) is 7.71. The Morgan fingerprint density at radius 3 is 2.79 bits per heavy atom. The van der Waals surface area contributed by atoms with Crippen molar-refractivity contribution >= 4 is 28.3 Å². The number of nitrogens with one attached hydrogen (secondary N) is 2. The molecule has 0 aliphatic carbocycles. The molecule has 3 rings (SSSR count). The molecule has 1 aromatic carbocycles. The van der Waals surface area contributed by atoms with Crippen molar-refractivity contribution in [2.75, 3.05) is 18.5 Å². The van der Waals surface area contributed by atoms with E-state index in [-0.39, 0.29) is 31.2 Å². The number of ether oxygens (including phenoxy) is 1. The van der Waals surface area contributed by atoms with Crippen molar-refractivity contribution < 1.29 is 37.0 Å². The predicted molar refractivity (Wildman–Crippen MR) is 113 cm³/mol. The lowest BCUT2D eigenvalue weighted by atomic mass is 10.2. The average molecular weight is 483 g/mol. The molecule has 3 aromatic rings. The topological polar surface area (TPSA) is 114 Å². The van der Waals surface area contributed by atoms with E-state index in [1.54, 1.807) is 12.3 Å². The number of nitrogens with zero attached hydrogens (tertiary/aromatic N) is 1. The molecular weight excluding hydrogens is 463 g/mol. The minimum absolute atomic E-state index is 0.0436. The van der Waals surface area contributed by atoms with Crippen LogP contribution in [0.2, 0.25) is 0 Å². The Morgan fingerprint density at radius 1 is 1.30 bits per heavy atom. The Labute approximate surface area is 190 Å². The van der Waals surface area contributed by atoms with E-state index in [1.807, 2.05) is 0 Å². The number of hydrogen-bond acceptors (Lipinski definition) is 7. The zero-order valence-corrected chi connectivity index (χ0v) is 18.1. The lowest BCUT2D eigenvalue weighted by Crippen LogP contribution is -2.36. The van der Waals surface area contributed by atoms with Crippen LogP contribution in [0.15, 0.2) is 46.4 Å². The van der Waals surface area contributed by atoms with Gasteiger partial charge in [0.15, 0.2) is 5.13 Å². The number of furan rings is 1. The van der Waals surface area contributed by atoms with Crippen LogP contribution in [-0.2, 0) is 17.4 Å². The largest absolute Gasteiger partial charge is 0.491 e. The summed E-state index contributed by atoms with van der Waals surface area (Å²) in [5.41, 5.74) is -0.0567. The molecule has 1 unspecified atom stereocenters. The molecular formula is C21H20F3N3O5S. The molecule has 0 spiro atoms. The van der Waals surface area contributed by atoms with Crippen LogP contribution in [-0.4, -0.2) is 41.2 Å². The summed E-state index contributed by atoms with van der Waals surface area (Å²) in [6, 6.07) is 5.82. The number of benzene rings is 1. The van der Waals surface area contributed by atoms with Gasteiger partial charge in [0.25, 0.3) is 5.91 Å². The second-order valence-electron chi connectivity index (χ2n) is 6.96. The van der Waals surface area contributed by atoms with Crippen molar-refractivity contribution in [1.29, 1.82) is 0 Å². The summed E-state index contributed by atoms with van der Waals surface area (Å²) < 4.78 is 48.4. The lowest BCUT2D eigenvalue weighted by Gasteiger charge is -2.14. The molecule has 1 atom stereocenters. The minimum Gasteiger partial charge on any atom is -0.491 e. The first kappa shape index (κ1) is 24.3. The van der Waals surface area contributed by atoms with Gasteiger partial charge in [0, 0.05) is 11.9 Å². The first-order valence-corrected chi connectivity index (χ1v) is 10.5. The molecule has 0 bridgehead atoms. The standard InChI is InChI=1S/C21H20F3N3O5S/c1-12-17(5-6-31-12)19(30)27-20-26-14(11-33-20)8-18(29)25-9-15(28)10-32-16-4-2-3-13(7-16)21(22,23)24/h2-7,11,15,28H,8-10H2,1H3,(H,25,29)(H,26,27,30). The monoisotopic (exact) mass is 483 g/mol. The van der Waals surface area contributed by atoms with Crippen molar-refractivity contribution in [3.63, 3.8) is 0 Å². The highest BCUT2D eigenvalue weighted by atomic mass is 32.1. The molecule has 0 fully saturated rings. The molecule has 2 heterocycles. The van der Waals surface area contributed by atoms with Crippen molar-refractivity contribution in [2.24, 2.45) is 0 Å². The lowest BCUT2D eigenvalue weighted by molar-refractivity contribution is -0.137. The molecule has 0 aliphatic heterocycles. The van der Waals surface area contributed by atoms with E-state index in [2.05, 4.69) is 15.6 Å². The molecule has 176 valence electrons. The number of aliphatic hydroxyl groups is 1. The van der Waals surface area contributed by atoms with Gasteiger partial charge < -0.3 is 19.6 Å². The molecule has 12 heteroatoms. The Balaban J connectivity index is 1.41. The first-order chi connectivity index (χ1) is 15.6. The molecule has 0 radical (unpaired) electrons. The van der Waals surface area contributed by atoms with Gasteiger partial charge in [-0.2, -0.15) is 13.2 Å². The number of anilines is 1. The van der Waals surface area contributed by atoms with Gasteiger partial charge in [-0.1, -0.05) is 6.07 Å². The van der Waals surface area contributed by atoms with E-state index in [0.29, 0.717) is 22.1 Å². The highest BCUT2D eigenvalue weighted by Crippen LogP contribution is 2.31. The summed E-state index contributed by atoms with van der Waals surface area (Å²) >= 11 is 1.15.